The number of benzene rings is 9. The minimum Gasteiger partial charge on any atom is -0.497 e. The molecule has 9 aromatic rings. The minimum absolute atomic E-state index is 0.0223. The summed E-state index contributed by atoms with van der Waals surface area (Å²) in [5.41, 5.74) is 3.44. The summed E-state index contributed by atoms with van der Waals surface area (Å²) in [6.07, 6.45) is 2.05. The number of epoxide rings is 3. The summed E-state index contributed by atoms with van der Waals surface area (Å²) < 4.78 is 111. The Bertz CT molecular complexity index is 4540. The van der Waals surface area contributed by atoms with Crippen molar-refractivity contribution in [3.05, 3.63) is 287 Å². The first-order chi connectivity index (χ1) is 60.2. The number of nitriles is 3. The molecule has 0 radical (unpaired) electrons. The van der Waals surface area contributed by atoms with Gasteiger partial charge in [-0.15, -0.1) is 0 Å². The molecule has 0 aliphatic carbocycles. The SMILES string of the molecule is COc1ccc(C(OCCCOCC2OC2(C)CC(C#N)CO[PH](CC(C#N)CC2(C)OC2COCCCOC(c2ccccc2)(c2ccc(OC)cc2)c2ccc(OC)cc2)(OCC(C#N)CC2(C)OC2COCCCOC(c2ccccc2)(c2ccc(OC)cc2)c2ccc(OC)cc2)N(C(C)C)C(C)C)(c2ccccc2)c2ccc(OC)cc2)cc1. The van der Waals surface area contributed by atoms with Gasteiger partial charge < -0.3 is 28.4 Å². The maximum absolute atomic E-state index is 11.5. The van der Waals surface area contributed by atoms with Crippen molar-refractivity contribution in [1.29, 1.82) is 15.8 Å². The standard InChI is InChI=1S/C102H123N4O17P/c1-74(2)106(75(3)4)124(73-78(67-105)64-99(7)96(123-99)72-115-58-25-61-118-102(81-30-21-16-22-31-81,86-40-52-92(111-12)53-41-86)87-42-54-93(112-13)55-43-87,119-68-76(65-103)62-97(5)94(121-97)70-113-56-23-59-116-100(79-26-17-14-18-27-79,82-32-44-88(107-8)45-33-82)83-34-46-89(108-9)47-35-83)120-69-77(66-104)63-98(6)95(122-98)71-114-57-24-60-117-101(80-28-19-15-20-29-80,84-36-48-90(109-10)49-37-84)85-38-50-91(110-11)51-39-85/h14-22,26-55,74-78,94-96,124H,23-25,56-64,68-73H2,1-13H3. The molecule has 0 bridgehead atoms. The third-order valence-corrected chi connectivity index (χ3v) is 28.3. The average Bonchev–Trinajstić information content (AvgIpc) is 1.28. The van der Waals surface area contributed by atoms with Crippen molar-refractivity contribution in [2.75, 3.05) is 121 Å². The molecule has 9 unspecified atom stereocenters. The molecule has 0 spiro atoms. The molecule has 3 heterocycles. The molecule has 3 aliphatic heterocycles. The first kappa shape index (κ1) is 93.4. The molecule has 3 aliphatic rings. The molecule has 12 rings (SSSR count). The van der Waals surface area contributed by atoms with Gasteiger partial charge in [0.25, 0.3) is 0 Å². The van der Waals surface area contributed by atoms with Gasteiger partial charge in [-0.25, -0.2) is 0 Å². The van der Waals surface area contributed by atoms with E-state index in [2.05, 4.69) is 87.0 Å². The first-order valence-electron chi connectivity index (χ1n) is 43.1. The molecule has 21 nitrogen and oxygen atoms in total. The van der Waals surface area contributed by atoms with Crippen LogP contribution in [-0.4, -0.2) is 173 Å². The van der Waals surface area contributed by atoms with Crippen LogP contribution in [0.2, 0.25) is 0 Å². The fourth-order valence-corrected chi connectivity index (χ4v) is 21.7. The summed E-state index contributed by atoms with van der Waals surface area (Å²) in [5, 5.41) is 33.9. The van der Waals surface area contributed by atoms with Crippen LogP contribution < -0.4 is 28.4 Å². The summed E-state index contributed by atoms with van der Waals surface area (Å²) in [4.78, 5) is 0. The third kappa shape index (κ3) is 22.3. The number of ether oxygens (including phenoxy) is 15. The molecule has 22 heteroatoms. The number of hydrogen-bond donors (Lipinski definition) is 0. The molecule has 0 amide bonds. The van der Waals surface area contributed by atoms with E-state index in [4.69, 9.17) is 80.1 Å². The van der Waals surface area contributed by atoms with Crippen molar-refractivity contribution in [3.8, 4) is 52.7 Å². The fourth-order valence-electron chi connectivity index (χ4n) is 17.5. The summed E-state index contributed by atoms with van der Waals surface area (Å²) in [7, 11) is 6.03. The summed E-state index contributed by atoms with van der Waals surface area (Å²) in [5.74, 6) is 2.44. The van der Waals surface area contributed by atoms with Crippen LogP contribution in [0.15, 0.2) is 237 Å². The van der Waals surface area contributed by atoms with Gasteiger partial charge in [0.2, 0.25) is 0 Å². The zero-order valence-electron chi connectivity index (χ0n) is 74.1. The normalized spacial score (nSPS) is 19.5. The van der Waals surface area contributed by atoms with Crippen molar-refractivity contribution in [2.24, 2.45) is 17.8 Å². The van der Waals surface area contributed by atoms with E-state index < -0.39 is 59.2 Å². The average molecular weight is 1710 g/mol. The van der Waals surface area contributed by atoms with Crippen molar-refractivity contribution in [3.63, 3.8) is 0 Å². The van der Waals surface area contributed by atoms with Gasteiger partial charge >= 0.3 is 335 Å². The Balaban J connectivity index is 0.709. The molecule has 0 aromatic heterocycles. The van der Waals surface area contributed by atoms with Gasteiger partial charge in [-0.2, -0.15) is 0 Å². The quantitative estimate of drug-likeness (QED) is 0.0149. The monoisotopic (exact) mass is 1710 g/mol. The van der Waals surface area contributed by atoms with Crippen LogP contribution in [0.25, 0.3) is 0 Å². The molecule has 658 valence electrons. The Morgan fingerprint density at radius 2 is 0.556 bits per heavy atom. The van der Waals surface area contributed by atoms with E-state index in [1.54, 1.807) is 42.7 Å². The number of methoxy groups -OCH3 is 6. The molecule has 0 N–H and O–H groups in total. The Morgan fingerprint density at radius 3 is 0.774 bits per heavy atom. The Morgan fingerprint density at radius 1 is 0.331 bits per heavy atom. The second-order valence-corrected chi connectivity index (χ2v) is 36.3. The molecule has 9 aromatic carbocycles. The predicted octanol–water partition coefficient (Wildman–Crippen LogP) is 19.0. The van der Waals surface area contributed by atoms with Gasteiger partial charge in [-0.1, -0.05) is 164 Å². The molecular formula is C102H123N4O17P. The van der Waals surface area contributed by atoms with Crippen LogP contribution in [0.3, 0.4) is 0 Å². The van der Waals surface area contributed by atoms with E-state index in [1.165, 1.54) is 0 Å². The topological polar surface area (TPSA) is 241 Å². The van der Waals surface area contributed by atoms with E-state index in [0.717, 1.165) is 84.6 Å². The van der Waals surface area contributed by atoms with Gasteiger partial charge in [0, 0.05) is 0 Å². The molecule has 124 heavy (non-hydrogen) atoms. The van der Waals surface area contributed by atoms with Crippen molar-refractivity contribution < 1.29 is 80.1 Å². The second-order valence-electron chi connectivity index (χ2n) is 33.3. The van der Waals surface area contributed by atoms with Gasteiger partial charge in [-0.3, -0.25) is 0 Å². The smallest absolute Gasteiger partial charge is 0.118 e. The fraction of sp³-hybridized carbons (Fsp3) is 0.441. The number of nitrogens with zero attached hydrogens (tertiary/aromatic N) is 4. The minimum atomic E-state index is -3.90. The Labute approximate surface area is 734 Å². The third-order valence-electron chi connectivity index (χ3n) is 24.2. The van der Waals surface area contributed by atoms with Crippen molar-refractivity contribution in [1.82, 2.24) is 4.67 Å². The predicted molar refractivity (Wildman–Crippen MR) is 479 cm³/mol. The van der Waals surface area contributed by atoms with E-state index >= 15 is 0 Å². The molecule has 9 atom stereocenters. The summed E-state index contributed by atoms with van der Waals surface area (Å²) >= 11 is 0. The Kier molecular flexibility index (Phi) is 32.7. The van der Waals surface area contributed by atoms with Crippen LogP contribution in [0.5, 0.6) is 34.5 Å². The number of rotatable bonds is 53. The first-order valence-corrected chi connectivity index (χ1v) is 45.1. The molecule has 3 saturated heterocycles. The van der Waals surface area contributed by atoms with Crippen molar-refractivity contribution in [2.45, 2.75) is 151 Å². The maximum atomic E-state index is 11.5. The molecule has 0 saturated carbocycles. The van der Waals surface area contributed by atoms with Gasteiger partial charge in [0.05, 0.1) is 42.7 Å². The van der Waals surface area contributed by atoms with Gasteiger partial charge in [-0.05, 0) is 123 Å². The zero-order valence-corrected chi connectivity index (χ0v) is 75.1. The van der Waals surface area contributed by atoms with Crippen LogP contribution in [0.4, 0.5) is 0 Å². The summed E-state index contributed by atoms with van der Waals surface area (Å²) in [6, 6.07) is 86.0. The van der Waals surface area contributed by atoms with Crippen LogP contribution in [0, 0.1) is 51.7 Å². The van der Waals surface area contributed by atoms with Crippen molar-refractivity contribution >= 4 is 7.87 Å². The van der Waals surface area contributed by atoms with Gasteiger partial charge in [0.15, 0.2) is 0 Å². The van der Waals surface area contributed by atoms with Gasteiger partial charge in [0.1, 0.15) is 45.7 Å². The molecule has 3 fully saturated rings. The Hall–Kier alpha value is -9.80. The van der Waals surface area contributed by atoms with Crippen LogP contribution >= 0.6 is 7.87 Å². The van der Waals surface area contributed by atoms with Crippen LogP contribution in [-0.2, 0) is 68.5 Å². The second kappa shape index (κ2) is 43.4. The van der Waals surface area contributed by atoms with E-state index in [1.807, 2.05) is 221 Å². The van der Waals surface area contributed by atoms with E-state index in [-0.39, 0.29) is 49.8 Å². The van der Waals surface area contributed by atoms with Crippen LogP contribution in [0.1, 0.15) is 137 Å². The summed E-state index contributed by atoms with van der Waals surface area (Å²) in [6.45, 7) is 17.5. The maximum Gasteiger partial charge on any atom is 0.118 e. The number of hydrogen-bond acceptors (Lipinski definition) is 21. The van der Waals surface area contributed by atoms with E-state index in [9.17, 15) is 15.8 Å². The zero-order chi connectivity index (χ0) is 87.8. The largest absolute Gasteiger partial charge is 0.497 e. The van der Waals surface area contributed by atoms with E-state index in [0.29, 0.717) is 98.0 Å². The molecular weight excluding hydrogens is 1580 g/mol.